The fourth-order valence-electron chi connectivity index (χ4n) is 1.94. The van der Waals surface area contributed by atoms with E-state index in [2.05, 4.69) is 43.7 Å². The number of benzene rings is 1. The van der Waals surface area contributed by atoms with E-state index in [-0.39, 0.29) is 0 Å². The van der Waals surface area contributed by atoms with E-state index in [9.17, 15) is 0 Å². The molecule has 2 rings (SSSR count). The van der Waals surface area contributed by atoms with Crippen molar-refractivity contribution in [1.82, 2.24) is 4.98 Å². The molecular formula is C17H22N2OSi. The third-order valence-electron chi connectivity index (χ3n) is 2.86. The summed E-state index contributed by atoms with van der Waals surface area (Å²) >= 11 is 0. The highest BCUT2D eigenvalue weighted by atomic mass is 28.4. The van der Waals surface area contributed by atoms with E-state index in [0.29, 0.717) is 0 Å². The lowest BCUT2D eigenvalue weighted by Gasteiger charge is -2.21. The molecule has 2 aromatic rings. The van der Waals surface area contributed by atoms with E-state index in [4.69, 9.17) is 9.42 Å². The molecule has 0 spiro atoms. The minimum Gasteiger partial charge on any atom is -0.543 e. The zero-order valence-corrected chi connectivity index (χ0v) is 14.3. The van der Waals surface area contributed by atoms with Crippen molar-refractivity contribution in [3.63, 3.8) is 0 Å². The molecule has 21 heavy (non-hydrogen) atoms. The van der Waals surface area contributed by atoms with Crippen molar-refractivity contribution in [2.45, 2.75) is 33.5 Å². The Bertz CT molecular complexity index is 646. The Balaban J connectivity index is 2.40. The van der Waals surface area contributed by atoms with Gasteiger partial charge in [0.1, 0.15) is 11.4 Å². The van der Waals surface area contributed by atoms with Crippen LogP contribution in [0.25, 0.3) is 0 Å². The number of rotatable bonds is 4. The Labute approximate surface area is 127 Å². The third-order valence-corrected chi connectivity index (χ3v) is 3.69. The average molecular weight is 298 g/mol. The number of hydrogen-bond donors (Lipinski definition) is 0. The number of nitrogens with zero attached hydrogens (tertiary/aromatic N) is 2. The number of pyridine rings is 1. The Hall–Kier alpha value is -1.94. The van der Waals surface area contributed by atoms with E-state index in [1.807, 2.05) is 31.2 Å². The predicted octanol–water partition coefficient (Wildman–Crippen LogP) is 4.74. The lowest BCUT2D eigenvalue weighted by Crippen LogP contribution is -2.29. The summed E-state index contributed by atoms with van der Waals surface area (Å²) in [5.41, 5.74) is 3.82. The molecule has 0 aliphatic heterocycles. The molecule has 110 valence electrons. The first-order valence-electron chi connectivity index (χ1n) is 7.11. The van der Waals surface area contributed by atoms with Crippen molar-refractivity contribution in [2.24, 2.45) is 4.99 Å². The van der Waals surface area contributed by atoms with Gasteiger partial charge >= 0.3 is 0 Å². The van der Waals surface area contributed by atoms with Crippen LogP contribution in [0.2, 0.25) is 19.6 Å². The molecule has 1 heterocycles. The van der Waals surface area contributed by atoms with Gasteiger partial charge in [0.05, 0.1) is 11.4 Å². The normalized spacial score (nSPS) is 12.3. The summed E-state index contributed by atoms with van der Waals surface area (Å²) in [6, 6.07) is 12.0. The molecule has 0 unspecified atom stereocenters. The molecule has 0 bridgehead atoms. The Morgan fingerprint density at radius 1 is 1.14 bits per heavy atom. The first-order chi connectivity index (χ1) is 9.85. The maximum absolute atomic E-state index is 6.16. The maximum atomic E-state index is 6.16. The molecule has 3 nitrogen and oxygen atoms in total. The highest BCUT2D eigenvalue weighted by molar-refractivity contribution is 6.70. The van der Waals surface area contributed by atoms with Crippen LogP contribution in [-0.4, -0.2) is 19.0 Å². The van der Waals surface area contributed by atoms with Crippen LogP contribution in [0.5, 0.6) is 5.75 Å². The van der Waals surface area contributed by atoms with Crippen LogP contribution in [-0.2, 0) is 0 Å². The molecule has 0 aliphatic carbocycles. The number of hydrogen-bond acceptors (Lipinski definition) is 3. The van der Waals surface area contributed by atoms with Crippen LogP contribution in [0.4, 0.5) is 5.69 Å². The molecular weight excluding hydrogens is 276 g/mol. The van der Waals surface area contributed by atoms with E-state index in [0.717, 1.165) is 22.8 Å². The van der Waals surface area contributed by atoms with Crippen molar-refractivity contribution >= 4 is 19.7 Å². The Kier molecular flexibility index (Phi) is 4.58. The second-order valence-electron chi connectivity index (χ2n) is 6.10. The van der Waals surface area contributed by atoms with E-state index in [1.54, 1.807) is 6.20 Å². The minimum atomic E-state index is -1.67. The van der Waals surface area contributed by atoms with Crippen LogP contribution in [0.3, 0.4) is 0 Å². The zero-order chi connectivity index (χ0) is 15.5. The Morgan fingerprint density at radius 3 is 2.52 bits per heavy atom. The van der Waals surface area contributed by atoms with Crippen LogP contribution in [0.1, 0.15) is 18.2 Å². The zero-order valence-electron chi connectivity index (χ0n) is 13.3. The quantitative estimate of drug-likeness (QED) is 0.603. The molecule has 0 saturated carbocycles. The maximum Gasteiger partial charge on any atom is 0.242 e. The Morgan fingerprint density at radius 2 is 1.90 bits per heavy atom. The molecule has 0 aliphatic rings. The van der Waals surface area contributed by atoms with Crippen LogP contribution in [0.15, 0.2) is 47.6 Å². The molecule has 0 atom stereocenters. The molecule has 0 radical (unpaired) electrons. The van der Waals surface area contributed by atoms with Gasteiger partial charge in [-0.05, 0) is 63.3 Å². The fourth-order valence-corrected chi connectivity index (χ4v) is 2.76. The van der Waals surface area contributed by atoms with Gasteiger partial charge in [-0.3, -0.25) is 4.98 Å². The monoisotopic (exact) mass is 298 g/mol. The SMILES string of the molecule is CC(=Nc1ccc(C)cc1O[Si](C)(C)C)c1ccccn1. The third kappa shape index (κ3) is 4.53. The van der Waals surface area contributed by atoms with E-state index < -0.39 is 8.32 Å². The second-order valence-corrected chi connectivity index (χ2v) is 10.5. The summed E-state index contributed by atoms with van der Waals surface area (Å²) in [5.74, 6) is 0.865. The van der Waals surface area contributed by atoms with E-state index >= 15 is 0 Å². The van der Waals surface area contributed by atoms with E-state index in [1.165, 1.54) is 5.56 Å². The van der Waals surface area contributed by atoms with Gasteiger partial charge in [0.15, 0.2) is 0 Å². The van der Waals surface area contributed by atoms with Gasteiger partial charge in [0, 0.05) is 6.20 Å². The summed E-state index contributed by atoms with van der Waals surface area (Å²) in [5, 5.41) is 0. The average Bonchev–Trinajstić information content (AvgIpc) is 2.41. The minimum absolute atomic E-state index is 0.865. The second kappa shape index (κ2) is 6.22. The largest absolute Gasteiger partial charge is 0.543 e. The van der Waals surface area contributed by atoms with Crippen molar-refractivity contribution in [1.29, 1.82) is 0 Å². The first kappa shape index (κ1) is 15.4. The van der Waals surface area contributed by atoms with Crippen LogP contribution >= 0.6 is 0 Å². The summed E-state index contributed by atoms with van der Waals surface area (Å²) in [6.07, 6.45) is 1.78. The van der Waals surface area contributed by atoms with Gasteiger partial charge in [0.2, 0.25) is 8.32 Å². The lowest BCUT2D eigenvalue weighted by molar-refractivity contribution is 0.558. The van der Waals surface area contributed by atoms with Gasteiger partial charge < -0.3 is 4.43 Å². The van der Waals surface area contributed by atoms with Crippen molar-refractivity contribution in [2.75, 3.05) is 0 Å². The summed E-state index contributed by atoms with van der Waals surface area (Å²) < 4.78 is 6.16. The standard InChI is InChI=1S/C17H22N2OSi/c1-13-9-10-16(17(12-13)20-21(3,4)5)19-14(2)15-8-6-7-11-18-15/h6-12H,1-5H3. The topological polar surface area (TPSA) is 34.5 Å². The molecule has 0 amide bonds. The molecule has 1 aromatic heterocycles. The number of aromatic nitrogens is 1. The van der Waals surface area contributed by atoms with Gasteiger partial charge in [-0.15, -0.1) is 0 Å². The molecule has 0 saturated heterocycles. The van der Waals surface area contributed by atoms with Gasteiger partial charge in [0.25, 0.3) is 0 Å². The molecule has 0 fully saturated rings. The van der Waals surface area contributed by atoms with Crippen molar-refractivity contribution < 1.29 is 4.43 Å². The first-order valence-corrected chi connectivity index (χ1v) is 10.5. The fraction of sp³-hybridized carbons (Fsp3) is 0.294. The van der Waals surface area contributed by atoms with Crippen molar-refractivity contribution in [3.8, 4) is 5.75 Å². The van der Waals surface area contributed by atoms with Crippen molar-refractivity contribution in [3.05, 3.63) is 53.9 Å². The lowest BCUT2D eigenvalue weighted by atomic mass is 10.2. The summed E-state index contributed by atoms with van der Waals surface area (Å²) in [6.45, 7) is 10.6. The van der Waals surface area contributed by atoms with Gasteiger partial charge in [-0.1, -0.05) is 12.1 Å². The summed E-state index contributed by atoms with van der Waals surface area (Å²) in [7, 11) is -1.67. The molecule has 1 aromatic carbocycles. The predicted molar refractivity (Wildman–Crippen MR) is 91.3 cm³/mol. The molecule has 0 N–H and O–H groups in total. The number of aryl methyl sites for hydroxylation is 1. The smallest absolute Gasteiger partial charge is 0.242 e. The summed E-state index contributed by atoms with van der Waals surface area (Å²) in [4.78, 5) is 9.04. The van der Waals surface area contributed by atoms with Gasteiger partial charge in [-0.25, -0.2) is 4.99 Å². The number of aliphatic imine (C=N–C) groups is 1. The highest BCUT2D eigenvalue weighted by Crippen LogP contribution is 2.31. The van der Waals surface area contributed by atoms with Crippen LogP contribution in [0, 0.1) is 6.92 Å². The van der Waals surface area contributed by atoms with Gasteiger partial charge in [-0.2, -0.15) is 0 Å². The molecule has 4 heteroatoms. The van der Waals surface area contributed by atoms with Crippen LogP contribution < -0.4 is 4.43 Å². The highest BCUT2D eigenvalue weighted by Gasteiger charge is 2.18.